The quantitative estimate of drug-likeness (QED) is 0.885. The second-order valence-corrected chi connectivity index (χ2v) is 6.82. The number of aromatic nitrogens is 1. The van der Waals surface area contributed by atoms with Crippen LogP contribution in [0.5, 0.6) is 0 Å². The first-order valence-corrected chi connectivity index (χ1v) is 9.08. The van der Waals surface area contributed by atoms with Crippen molar-refractivity contribution in [1.29, 1.82) is 0 Å². The number of nitrogens with zero attached hydrogens (tertiary/aromatic N) is 2. The lowest BCUT2D eigenvalue weighted by Crippen LogP contribution is -2.36. The van der Waals surface area contributed by atoms with Crippen LogP contribution in [0.25, 0.3) is 0 Å². The number of carbonyl (C=O) groups excluding carboxylic acids is 1. The van der Waals surface area contributed by atoms with Gasteiger partial charge in [0, 0.05) is 25.7 Å². The average Bonchev–Trinajstić information content (AvgIpc) is 2.83. The normalized spacial score (nSPS) is 25.1. The largest absolute Gasteiger partial charge is 0.384 e. The fraction of sp³-hybridized carbons (Fsp3) is 0.667. The molecular weight excluding hydrogens is 304 g/mol. The maximum atomic E-state index is 12.5. The number of nitrogen functional groups attached to an aromatic ring is 1. The van der Waals surface area contributed by atoms with Crippen molar-refractivity contribution in [2.45, 2.75) is 57.1 Å². The van der Waals surface area contributed by atoms with Crippen LogP contribution in [0.3, 0.4) is 0 Å². The first-order valence-electron chi connectivity index (χ1n) is 9.08. The van der Waals surface area contributed by atoms with Gasteiger partial charge in [0.25, 0.3) is 0 Å². The number of anilines is 2. The Hall–Kier alpha value is -1.82. The summed E-state index contributed by atoms with van der Waals surface area (Å²) in [6, 6.07) is 4.13. The van der Waals surface area contributed by atoms with Gasteiger partial charge in [-0.15, -0.1) is 0 Å². The summed E-state index contributed by atoms with van der Waals surface area (Å²) in [7, 11) is 0. The summed E-state index contributed by atoms with van der Waals surface area (Å²) in [4.78, 5) is 18.7. The number of hydrogen-bond donors (Lipinski definition) is 2. The average molecular weight is 332 g/mol. The highest BCUT2D eigenvalue weighted by atomic mass is 16.5. The molecule has 6 heteroatoms. The molecule has 0 radical (unpaired) electrons. The number of rotatable bonds is 4. The Morgan fingerprint density at radius 2 is 2.17 bits per heavy atom. The van der Waals surface area contributed by atoms with Crippen LogP contribution in [-0.2, 0) is 9.53 Å². The van der Waals surface area contributed by atoms with Crippen LogP contribution in [0.1, 0.15) is 44.9 Å². The van der Waals surface area contributed by atoms with Gasteiger partial charge >= 0.3 is 0 Å². The lowest BCUT2D eigenvalue weighted by molar-refractivity contribution is -0.135. The Morgan fingerprint density at radius 1 is 1.25 bits per heavy atom. The predicted octanol–water partition coefficient (Wildman–Crippen LogP) is 2.42. The van der Waals surface area contributed by atoms with E-state index >= 15 is 0 Å². The number of nitrogens with one attached hydrogen (secondary N) is 1. The molecule has 24 heavy (non-hydrogen) atoms. The van der Waals surface area contributed by atoms with Crippen molar-refractivity contribution in [1.82, 2.24) is 9.88 Å². The Labute approximate surface area is 143 Å². The van der Waals surface area contributed by atoms with Gasteiger partial charge in [0.1, 0.15) is 5.82 Å². The Bertz CT molecular complexity index is 528. The van der Waals surface area contributed by atoms with Crippen LogP contribution in [-0.4, -0.2) is 47.6 Å². The molecule has 1 amide bonds. The first-order chi connectivity index (χ1) is 11.7. The van der Waals surface area contributed by atoms with Crippen molar-refractivity contribution in [3.63, 3.8) is 0 Å². The molecule has 1 aromatic rings. The van der Waals surface area contributed by atoms with Crippen molar-refractivity contribution in [3.8, 4) is 0 Å². The summed E-state index contributed by atoms with van der Waals surface area (Å²) >= 11 is 0. The van der Waals surface area contributed by atoms with E-state index in [2.05, 4.69) is 10.3 Å². The number of carbonyl (C=O) groups is 1. The molecule has 0 aromatic carbocycles. The Morgan fingerprint density at radius 3 is 2.92 bits per heavy atom. The summed E-state index contributed by atoms with van der Waals surface area (Å²) in [5, 5.41) is 3.51. The smallest absolute Gasteiger partial charge is 0.225 e. The monoisotopic (exact) mass is 332 g/mol. The minimum absolute atomic E-state index is 0.129. The van der Waals surface area contributed by atoms with Crippen molar-refractivity contribution in [2.24, 2.45) is 0 Å². The van der Waals surface area contributed by atoms with Crippen LogP contribution in [0, 0.1) is 0 Å². The molecule has 2 aliphatic heterocycles. The molecule has 132 valence electrons. The number of ether oxygens (including phenoxy) is 1. The van der Waals surface area contributed by atoms with Crippen molar-refractivity contribution in [2.75, 3.05) is 30.7 Å². The third-order valence-corrected chi connectivity index (χ3v) is 4.91. The van der Waals surface area contributed by atoms with Gasteiger partial charge in [-0.05, 0) is 50.7 Å². The SMILES string of the molecule is Nc1ccc(N[C@H]2CCCN(C(=O)C[C@@H]3CCCCO3)CC2)cn1. The summed E-state index contributed by atoms with van der Waals surface area (Å²) in [6.07, 6.45) is 8.82. The Kier molecular flexibility index (Phi) is 5.91. The van der Waals surface area contributed by atoms with E-state index in [1.165, 1.54) is 6.42 Å². The zero-order valence-corrected chi connectivity index (χ0v) is 14.2. The van der Waals surface area contributed by atoms with Gasteiger partial charge in [-0.2, -0.15) is 0 Å². The summed E-state index contributed by atoms with van der Waals surface area (Å²) < 4.78 is 5.70. The van der Waals surface area contributed by atoms with E-state index in [0.29, 0.717) is 18.3 Å². The van der Waals surface area contributed by atoms with E-state index in [0.717, 1.165) is 57.5 Å². The van der Waals surface area contributed by atoms with E-state index in [9.17, 15) is 4.79 Å². The second kappa shape index (κ2) is 8.33. The van der Waals surface area contributed by atoms with E-state index in [4.69, 9.17) is 10.5 Å². The van der Waals surface area contributed by atoms with Gasteiger partial charge in [-0.3, -0.25) is 4.79 Å². The first kappa shape index (κ1) is 17.0. The highest BCUT2D eigenvalue weighted by molar-refractivity contribution is 5.76. The number of pyridine rings is 1. The fourth-order valence-corrected chi connectivity index (χ4v) is 3.51. The summed E-state index contributed by atoms with van der Waals surface area (Å²) in [6.45, 7) is 2.47. The molecule has 0 bridgehead atoms. The molecule has 3 rings (SSSR count). The lowest BCUT2D eigenvalue weighted by atomic mass is 10.1. The molecule has 6 nitrogen and oxygen atoms in total. The van der Waals surface area contributed by atoms with Crippen molar-refractivity contribution in [3.05, 3.63) is 18.3 Å². The molecular formula is C18H28N4O2. The summed E-state index contributed by atoms with van der Waals surface area (Å²) in [5.41, 5.74) is 6.61. The van der Waals surface area contributed by atoms with Crippen LogP contribution in [0.15, 0.2) is 18.3 Å². The third kappa shape index (κ3) is 4.84. The molecule has 3 heterocycles. The van der Waals surface area contributed by atoms with Crippen LogP contribution in [0.4, 0.5) is 11.5 Å². The highest BCUT2D eigenvalue weighted by Gasteiger charge is 2.24. The third-order valence-electron chi connectivity index (χ3n) is 4.91. The second-order valence-electron chi connectivity index (χ2n) is 6.82. The zero-order valence-electron chi connectivity index (χ0n) is 14.2. The van der Waals surface area contributed by atoms with E-state index < -0.39 is 0 Å². The molecule has 2 atom stereocenters. The van der Waals surface area contributed by atoms with Crippen molar-refractivity contribution >= 4 is 17.4 Å². The molecule has 0 unspecified atom stereocenters. The molecule has 2 aliphatic rings. The van der Waals surface area contributed by atoms with E-state index in [1.54, 1.807) is 12.3 Å². The van der Waals surface area contributed by atoms with E-state index in [1.807, 2.05) is 11.0 Å². The minimum Gasteiger partial charge on any atom is -0.384 e. The zero-order chi connectivity index (χ0) is 16.8. The molecule has 0 saturated carbocycles. The van der Waals surface area contributed by atoms with Gasteiger partial charge in [-0.1, -0.05) is 0 Å². The van der Waals surface area contributed by atoms with Gasteiger partial charge in [0.15, 0.2) is 0 Å². The van der Waals surface area contributed by atoms with Crippen LogP contribution in [0.2, 0.25) is 0 Å². The van der Waals surface area contributed by atoms with Gasteiger partial charge in [-0.25, -0.2) is 4.98 Å². The number of hydrogen-bond acceptors (Lipinski definition) is 5. The minimum atomic E-state index is 0.129. The predicted molar refractivity (Wildman–Crippen MR) is 94.7 cm³/mol. The molecule has 3 N–H and O–H groups in total. The van der Waals surface area contributed by atoms with Gasteiger partial charge < -0.3 is 20.7 Å². The fourth-order valence-electron chi connectivity index (χ4n) is 3.51. The van der Waals surface area contributed by atoms with Crippen LogP contribution >= 0.6 is 0 Å². The Balaban J connectivity index is 1.47. The molecule has 0 aliphatic carbocycles. The summed E-state index contributed by atoms with van der Waals surface area (Å²) in [5.74, 6) is 0.778. The standard InChI is InChI=1S/C18H28N4O2/c19-17-7-6-15(13-20-17)21-14-4-3-9-22(10-8-14)18(23)12-16-5-1-2-11-24-16/h6-7,13-14,16,21H,1-5,8-12H2,(H2,19,20)/t14-,16-/m0/s1. The van der Waals surface area contributed by atoms with Gasteiger partial charge in [0.05, 0.1) is 24.4 Å². The maximum Gasteiger partial charge on any atom is 0.225 e. The molecule has 0 spiro atoms. The van der Waals surface area contributed by atoms with Gasteiger partial charge in [0.2, 0.25) is 5.91 Å². The maximum absolute atomic E-state index is 12.5. The molecule has 1 aromatic heterocycles. The van der Waals surface area contributed by atoms with E-state index in [-0.39, 0.29) is 12.0 Å². The molecule has 2 saturated heterocycles. The van der Waals surface area contributed by atoms with Crippen molar-refractivity contribution < 1.29 is 9.53 Å². The number of likely N-dealkylation sites (tertiary alicyclic amines) is 1. The lowest BCUT2D eigenvalue weighted by Gasteiger charge is -2.26. The topological polar surface area (TPSA) is 80.5 Å². The molecule has 2 fully saturated rings. The van der Waals surface area contributed by atoms with Crippen LogP contribution < -0.4 is 11.1 Å². The highest BCUT2D eigenvalue weighted by Crippen LogP contribution is 2.20. The number of nitrogens with two attached hydrogens (primary N) is 1. The number of amides is 1.